The zero-order valence-corrected chi connectivity index (χ0v) is 12.5. The van der Waals surface area contributed by atoms with Crippen LogP contribution < -0.4 is 10.1 Å². The molecule has 0 unspecified atom stereocenters. The van der Waals surface area contributed by atoms with Gasteiger partial charge in [-0.1, -0.05) is 11.6 Å². The van der Waals surface area contributed by atoms with Crippen LogP contribution in [0, 0.1) is 0 Å². The number of rotatable bonds is 3. The summed E-state index contributed by atoms with van der Waals surface area (Å²) in [6.45, 7) is 0. The molecule has 3 rings (SSSR count). The molecule has 0 spiro atoms. The van der Waals surface area contributed by atoms with Gasteiger partial charge >= 0.3 is 0 Å². The van der Waals surface area contributed by atoms with Crippen molar-refractivity contribution < 1.29 is 4.74 Å². The molecule has 0 saturated carbocycles. The maximum atomic E-state index is 6.05. The molecule has 0 atom stereocenters. The predicted octanol–water partition coefficient (Wildman–Crippen LogP) is 4.00. The Kier molecular flexibility index (Phi) is 3.62. The minimum atomic E-state index is 0.650. The van der Waals surface area contributed by atoms with E-state index in [0.29, 0.717) is 10.8 Å². The minimum absolute atomic E-state index is 0.650. The van der Waals surface area contributed by atoms with Gasteiger partial charge in [0.15, 0.2) is 5.82 Å². The molecule has 0 amide bonds. The Bertz CT molecular complexity index is 787. The number of nitrogens with zero attached hydrogens (tertiary/aromatic N) is 2. The fourth-order valence-electron chi connectivity index (χ4n) is 2.16. The van der Waals surface area contributed by atoms with Crippen LogP contribution in [0.4, 0.5) is 5.82 Å². The molecule has 1 N–H and O–H groups in total. The number of nitrogens with one attached hydrogen (secondary N) is 1. The number of methoxy groups -OCH3 is 1. The molecule has 2 aromatic carbocycles. The summed E-state index contributed by atoms with van der Waals surface area (Å²) in [5.41, 5.74) is 1.74. The summed E-state index contributed by atoms with van der Waals surface area (Å²) >= 11 is 6.05. The Hall–Kier alpha value is -2.33. The molecule has 1 heterocycles. The number of fused-ring (bicyclic) bond motifs is 1. The Morgan fingerprint density at radius 2 is 1.81 bits per heavy atom. The molecule has 21 heavy (non-hydrogen) atoms. The highest BCUT2D eigenvalue weighted by molar-refractivity contribution is 6.31. The largest absolute Gasteiger partial charge is 0.497 e. The fraction of sp³-hybridized carbons (Fsp3) is 0.125. The van der Waals surface area contributed by atoms with Crippen molar-refractivity contribution in [3.05, 3.63) is 47.5 Å². The molecule has 4 nitrogen and oxygen atoms in total. The number of halogens is 1. The Balaban J connectivity index is 2.17. The van der Waals surface area contributed by atoms with Gasteiger partial charge in [0.05, 0.1) is 12.6 Å². The van der Waals surface area contributed by atoms with Crippen molar-refractivity contribution in [2.45, 2.75) is 0 Å². The quantitative estimate of drug-likeness (QED) is 0.794. The van der Waals surface area contributed by atoms with Crippen LogP contribution in [0.15, 0.2) is 42.5 Å². The summed E-state index contributed by atoms with van der Waals surface area (Å²) in [7, 11) is 3.48. The second-order valence-electron chi connectivity index (χ2n) is 4.54. The van der Waals surface area contributed by atoms with Crippen molar-refractivity contribution >= 4 is 28.3 Å². The molecule has 1 aromatic heterocycles. The van der Waals surface area contributed by atoms with Crippen LogP contribution in [0.1, 0.15) is 0 Å². The molecular weight excluding hydrogens is 286 g/mol. The standard InChI is InChI=1S/C16H14ClN3O/c1-18-16-13-8-5-11(17)9-14(13)19-15(20-16)10-3-6-12(21-2)7-4-10/h3-9H,1-2H3,(H,18,19,20). The number of aromatic nitrogens is 2. The van der Waals surface area contributed by atoms with E-state index in [1.54, 1.807) is 7.11 Å². The van der Waals surface area contributed by atoms with Gasteiger partial charge in [0.2, 0.25) is 0 Å². The molecule has 0 fully saturated rings. The zero-order valence-electron chi connectivity index (χ0n) is 11.7. The summed E-state index contributed by atoms with van der Waals surface area (Å²) < 4.78 is 5.17. The number of benzene rings is 2. The first-order valence-electron chi connectivity index (χ1n) is 6.51. The lowest BCUT2D eigenvalue weighted by atomic mass is 10.1. The highest BCUT2D eigenvalue weighted by atomic mass is 35.5. The van der Waals surface area contributed by atoms with Crippen LogP contribution in [-0.4, -0.2) is 24.1 Å². The van der Waals surface area contributed by atoms with Crippen LogP contribution in [0.2, 0.25) is 5.02 Å². The number of hydrogen-bond acceptors (Lipinski definition) is 4. The van der Waals surface area contributed by atoms with Crippen molar-refractivity contribution in [2.75, 3.05) is 19.5 Å². The average molecular weight is 300 g/mol. The smallest absolute Gasteiger partial charge is 0.162 e. The Labute approximate surface area is 127 Å². The van der Waals surface area contributed by atoms with Crippen LogP contribution in [0.25, 0.3) is 22.3 Å². The summed E-state index contributed by atoms with van der Waals surface area (Å²) in [6, 6.07) is 13.2. The number of hydrogen-bond donors (Lipinski definition) is 1. The lowest BCUT2D eigenvalue weighted by Gasteiger charge is -2.09. The Morgan fingerprint density at radius 3 is 2.48 bits per heavy atom. The molecule has 106 valence electrons. The molecular formula is C16H14ClN3O. The highest BCUT2D eigenvalue weighted by Gasteiger charge is 2.09. The van der Waals surface area contributed by atoms with Crippen molar-refractivity contribution in [1.82, 2.24) is 9.97 Å². The van der Waals surface area contributed by atoms with Crippen molar-refractivity contribution in [1.29, 1.82) is 0 Å². The molecule has 0 bridgehead atoms. The van der Waals surface area contributed by atoms with Crippen LogP contribution in [-0.2, 0) is 0 Å². The molecule has 0 aliphatic carbocycles. The van der Waals surface area contributed by atoms with E-state index in [4.69, 9.17) is 16.3 Å². The lowest BCUT2D eigenvalue weighted by Crippen LogP contribution is -1.98. The molecule has 0 aliphatic heterocycles. The van der Waals surface area contributed by atoms with Gasteiger partial charge in [0, 0.05) is 23.0 Å². The van der Waals surface area contributed by atoms with Crippen molar-refractivity contribution in [2.24, 2.45) is 0 Å². The third-order valence-electron chi connectivity index (χ3n) is 3.24. The first-order valence-corrected chi connectivity index (χ1v) is 6.88. The second-order valence-corrected chi connectivity index (χ2v) is 4.97. The third-order valence-corrected chi connectivity index (χ3v) is 3.48. The van der Waals surface area contributed by atoms with Gasteiger partial charge in [-0.3, -0.25) is 0 Å². The molecule has 0 aliphatic rings. The van der Waals surface area contributed by atoms with Crippen LogP contribution >= 0.6 is 11.6 Å². The molecule has 5 heteroatoms. The summed E-state index contributed by atoms with van der Waals surface area (Å²) in [5, 5.41) is 4.70. The minimum Gasteiger partial charge on any atom is -0.497 e. The zero-order chi connectivity index (χ0) is 14.8. The summed E-state index contributed by atoms with van der Waals surface area (Å²) in [6.07, 6.45) is 0. The number of anilines is 1. The van der Waals surface area contributed by atoms with Gasteiger partial charge in [-0.2, -0.15) is 0 Å². The van der Waals surface area contributed by atoms with E-state index in [9.17, 15) is 0 Å². The predicted molar refractivity (Wildman–Crippen MR) is 86.1 cm³/mol. The topological polar surface area (TPSA) is 47.0 Å². The van der Waals surface area contributed by atoms with Crippen molar-refractivity contribution in [3.8, 4) is 17.1 Å². The van der Waals surface area contributed by atoms with Gasteiger partial charge in [-0.05, 0) is 42.5 Å². The average Bonchev–Trinajstić information content (AvgIpc) is 2.53. The van der Waals surface area contributed by atoms with Gasteiger partial charge < -0.3 is 10.1 Å². The summed E-state index contributed by atoms with van der Waals surface area (Å²) in [5.74, 6) is 2.23. The van der Waals surface area contributed by atoms with Gasteiger partial charge in [-0.25, -0.2) is 9.97 Å². The van der Waals surface area contributed by atoms with E-state index in [0.717, 1.165) is 28.0 Å². The molecule has 0 saturated heterocycles. The van der Waals surface area contributed by atoms with E-state index in [-0.39, 0.29) is 0 Å². The lowest BCUT2D eigenvalue weighted by molar-refractivity contribution is 0.415. The molecule has 3 aromatic rings. The SMILES string of the molecule is CNc1nc(-c2ccc(OC)cc2)nc2cc(Cl)ccc12. The number of ether oxygens (including phenoxy) is 1. The van der Waals surface area contributed by atoms with Crippen LogP contribution in [0.5, 0.6) is 5.75 Å². The first kappa shape index (κ1) is 13.6. The fourth-order valence-corrected chi connectivity index (χ4v) is 2.33. The highest BCUT2D eigenvalue weighted by Crippen LogP contribution is 2.27. The summed E-state index contributed by atoms with van der Waals surface area (Å²) in [4.78, 5) is 9.16. The van der Waals surface area contributed by atoms with Gasteiger partial charge in [-0.15, -0.1) is 0 Å². The van der Waals surface area contributed by atoms with E-state index < -0.39 is 0 Å². The Morgan fingerprint density at radius 1 is 1.05 bits per heavy atom. The van der Waals surface area contributed by atoms with Gasteiger partial charge in [0.1, 0.15) is 11.6 Å². The van der Waals surface area contributed by atoms with Crippen LogP contribution in [0.3, 0.4) is 0 Å². The van der Waals surface area contributed by atoms with Gasteiger partial charge in [0.25, 0.3) is 0 Å². The third kappa shape index (κ3) is 2.62. The second kappa shape index (κ2) is 5.58. The monoisotopic (exact) mass is 299 g/mol. The van der Waals surface area contributed by atoms with E-state index in [1.807, 2.05) is 49.5 Å². The first-order chi connectivity index (χ1) is 10.2. The van der Waals surface area contributed by atoms with E-state index >= 15 is 0 Å². The maximum Gasteiger partial charge on any atom is 0.162 e. The normalized spacial score (nSPS) is 10.6. The van der Waals surface area contributed by atoms with E-state index in [1.165, 1.54) is 0 Å². The van der Waals surface area contributed by atoms with Crippen molar-refractivity contribution in [3.63, 3.8) is 0 Å². The van der Waals surface area contributed by atoms with E-state index in [2.05, 4.69) is 15.3 Å². The molecule has 0 radical (unpaired) electrons. The maximum absolute atomic E-state index is 6.05.